The number of benzene rings is 1. The van der Waals surface area contributed by atoms with Crippen LogP contribution in [0.3, 0.4) is 0 Å². The van der Waals surface area contributed by atoms with Gasteiger partial charge in [0.2, 0.25) is 5.90 Å². The first-order valence-corrected chi connectivity index (χ1v) is 4.67. The molecule has 0 spiro atoms. The standard InChI is InChI=1S/C11H13NO/c1-2-13-11-10-6-4-3-5-9(10)7-8-12-11/h3-6H,2,7-8H2,1H3. The maximum Gasteiger partial charge on any atom is 0.216 e. The van der Waals surface area contributed by atoms with E-state index in [1.807, 2.05) is 13.0 Å². The lowest BCUT2D eigenvalue weighted by Gasteiger charge is -2.15. The first-order chi connectivity index (χ1) is 6.42. The van der Waals surface area contributed by atoms with E-state index in [-0.39, 0.29) is 0 Å². The van der Waals surface area contributed by atoms with E-state index in [0.29, 0.717) is 6.61 Å². The zero-order valence-electron chi connectivity index (χ0n) is 7.79. The molecule has 0 fully saturated rings. The Morgan fingerprint density at radius 3 is 3.08 bits per heavy atom. The zero-order chi connectivity index (χ0) is 9.10. The van der Waals surface area contributed by atoms with Crippen molar-refractivity contribution >= 4 is 5.90 Å². The van der Waals surface area contributed by atoms with Gasteiger partial charge in [-0.05, 0) is 25.0 Å². The molecule has 0 saturated carbocycles. The monoisotopic (exact) mass is 175 g/mol. The summed E-state index contributed by atoms with van der Waals surface area (Å²) in [6.07, 6.45) is 1.03. The lowest BCUT2D eigenvalue weighted by Crippen LogP contribution is -2.15. The third-order valence-electron chi connectivity index (χ3n) is 2.17. The minimum atomic E-state index is 0.688. The summed E-state index contributed by atoms with van der Waals surface area (Å²) < 4.78 is 5.46. The largest absolute Gasteiger partial charge is 0.478 e. The quantitative estimate of drug-likeness (QED) is 0.640. The summed E-state index contributed by atoms with van der Waals surface area (Å²) in [5.41, 5.74) is 2.51. The lowest BCUT2D eigenvalue weighted by atomic mass is 10.0. The van der Waals surface area contributed by atoms with Crippen LogP contribution in [0.1, 0.15) is 18.1 Å². The molecule has 0 saturated heterocycles. The van der Waals surface area contributed by atoms with E-state index in [1.54, 1.807) is 0 Å². The molecule has 0 N–H and O–H groups in total. The van der Waals surface area contributed by atoms with Crippen molar-refractivity contribution in [3.8, 4) is 0 Å². The summed E-state index contributed by atoms with van der Waals surface area (Å²) in [6.45, 7) is 3.53. The van der Waals surface area contributed by atoms with Crippen LogP contribution >= 0.6 is 0 Å². The Morgan fingerprint density at radius 2 is 2.23 bits per heavy atom. The Bertz CT molecular complexity index is 331. The van der Waals surface area contributed by atoms with E-state index in [9.17, 15) is 0 Å². The molecular weight excluding hydrogens is 162 g/mol. The van der Waals surface area contributed by atoms with Gasteiger partial charge in [-0.2, -0.15) is 0 Å². The smallest absolute Gasteiger partial charge is 0.216 e. The molecule has 2 nitrogen and oxygen atoms in total. The SMILES string of the molecule is CCOC1=NCCc2ccccc21. The van der Waals surface area contributed by atoms with Crippen LogP contribution in [0.4, 0.5) is 0 Å². The van der Waals surface area contributed by atoms with Crippen LogP contribution in [0.25, 0.3) is 0 Å². The summed E-state index contributed by atoms with van der Waals surface area (Å²) in [4.78, 5) is 4.35. The Kier molecular flexibility index (Phi) is 2.30. The summed E-state index contributed by atoms with van der Waals surface area (Å²) in [5.74, 6) is 0.810. The fraction of sp³-hybridized carbons (Fsp3) is 0.364. The number of hydrogen-bond acceptors (Lipinski definition) is 2. The summed E-state index contributed by atoms with van der Waals surface area (Å²) in [5, 5.41) is 0. The number of aliphatic imine (C=N–C) groups is 1. The van der Waals surface area contributed by atoms with Crippen molar-refractivity contribution in [3.05, 3.63) is 35.4 Å². The van der Waals surface area contributed by atoms with Crippen LogP contribution in [-0.4, -0.2) is 19.0 Å². The molecule has 2 rings (SSSR count). The van der Waals surface area contributed by atoms with Crippen LogP contribution in [0.15, 0.2) is 29.3 Å². The molecule has 1 heterocycles. The fourth-order valence-electron chi connectivity index (χ4n) is 1.57. The summed E-state index contributed by atoms with van der Waals surface area (Å²) in [6, 6.07) is 8.30. The van der Waals surface area contributed by atoms with E-state index in [0.717, 1.165) is 24.4 Å². The van der Waals surface area contributed by atoms with Crippen LogP contribution < -0.4 is 0 Å². The Morgan fingerprint density at radius 1 is 1.38 bits per heavy atom. The molecule has 1 aliphatic rings. The van der Waals surface area contributed by atoms with Gasteiger partial charge in [-0.25, -0.2) is 0 Å². The molecule has 2 heteroatoms. The molecule has 0 aromatic heterocycles. The van der Waals surface area contributed by atoms with Crippen molar-refractivity contribution in [2.75, 3.05) is 13.2 Å². The normalized spacial score (nSPS) is 14.7. The topological polar surface area (TPSA) is 21.6 Å². The molecule has 0 radical (unpaired) electrons. The van der Waals surface area contributed by atoms with Crippen molar-refractivity contribution in [1.82, 2.24) is 0 Å². The first kappa shape index (κ1) is 8.30. The molecule has 1 aliphatic heterocycles. The second-order valence-electron chi connectivity index (χ2n) is 3.03. The van der Waals surface area contributed by atoms with Gasteiger partial charge in [-0.15, -0.1) is 0 Å². The minimum absolute atomic E-state index is 0.688. The number of nitrogens with zero attached hydrogens (tertiary/aromatic N) is 1. The van der Waals surface area contributed by atoms with Crippen LogP contribution in [-0.2, 0) is 11.2 Å². The van der Waals surface area contributed by atoms with E-state index >= 15 is 0 Å². The van der Waals surface area contributed by atoms with E-state index < -0.39 is 0 Å². The molecule has 0 aliphatic carbocycles. The molecule has 1 aromatic carbocycles. The van der Waals surface area contributed by atoms with Gasteiger partial charge in [0.15, 0.2) is 0 Å². The van der Waals surface area contributed by atoms with Gasteiger partial charge in [-0.1, -0.05) is 18.2 Å². The molecule has 0 unspecified atom stereocenters. The number of fused-ring (bicyclic) bond motifs is 1. The van der Waals surface area contributed by atoms with Crippen LogP contribution in [0.5, 0.6) is 0 Å². The second-order valence-corrected chi connectivity index (χ2v) is 3.03. The molecule has 13 heavy (non-hydrogen) atoms. The van der Waals surface area contributed by atoms with E-state index in [1.165, 1.54) is 5.56 Å². The van der Waals surface area contributed by atoms with Gasteiger partial charge in [-0.3, -0.25) is 4.99 Å². The van der Waals surface area contributed by atoms with Gasteiger partial charge in [0, 0.05) is 12.1 Å². The zero-order valence-corrected chi connectivity index (χ0v) is 7.79. The van der Waals surface area contributed by atoms with Crippen molar-refractivity contribution in [2.24, 2.45) is 4.99 Å². The number of hydrogen-bond donors (Lipinski definition) is 0. The fourth-order valence-corrected chi connectivity index (χ4v) is 1.57. The predicted molar refractivity (Wildman–Crippen MR) is 53.2 cm³/mol. The van der Waals surface area contributed by atoms with Crippen molar-refractivity contribution in [1.29, 1.82) is 0 Å². The van der Waals surface area contributed by atoms with Gasteiger partial charge in [0.25, 0.3) is 0 Å². The highest BCUT2D eigenvalue weighted by Crippen LogP contribution is 2.15. The third kappa shape index (κ3) is 1.57. The first-order valence-electron chi connectivity index (χ1n) is 4.67. The molecule has 0 bridgehead atoms. The molecule has 0 atom stereocenters. The summed E-state index contributed by atoms with van der Waals surface area (Å²) >= 11 is 0. The predicted octanol–water partition coefficient (Wildman–Crippen LogP) is 2.03. The molecule has 1 aromatic rings. The second kappa shape index (κ2) is 3.60. The highest BCUT2D eigenvalue weighted by atomic mass is 16.5. The average molecular weight is 175 g/mol. The van der Waals surface area contributed by atoms with Gasteiger partial charge < -0.3 is 4.74 Å². The lowest BCUT2D eigenvalue weighted by molar-refractivity contribution is 0.325. The van der Waals surface area contributed by atoms with Crippen LogP contribution in [0.2, 0.25) is 0 Å². The van der Waals surface area contributed by atoms with Gasteiger partial charge in [0.05, 0.1) is 6.61 Å². The highest BCUT2D eigenvalue weighted by Gasteiger charge is 2.13. The van der Waals surface area contributed by atoms with E-state index in [4.69, 9.17) is 4.74 Å². The number of ether oxygens (including phenoxy) is 1. The maximum atomic E-state index is 5.46. The highest BCUT2D eigenvalue weighted by molar-refractivity contribution is 5.96. The number of rotatable bonds is 1. The molecule has 68 valence electrons. The van der Waals surface area contributed by atoms with Crippen molar-refractivity contribution in [2.45, 2.75) is 13.3 Å². The minimum Gasteiger partial charge on any atom is -0.478 e. The summed E-state index contributed by atoms with van der Waals surface area (Å²) in [7, 11) is 0. The average Bonchev–Trinajstić information content (AvgIpc) is 2.19. The Balaban J connectivity index is 2.36. The molecular formula is C11H13NO. The van der Waals surface area contributed by atoms with Crippen molar-refractivity contribution < 1.29 is 4.74 Å². The maximum absolute atomic E-state index is 5.46. The van der Waals surface area contributed by atoms with Crippen LogP contribution in [0, 0.1) is 0 Å². The van der Waals surface area contributed by atoms with Gasteiger partial charge in [0.1, 0.15) is 0 Å². The van der Waals surface area contributed by atoms with Crippen molar-refractivity contribution in [3.63, 3.8) is 0 Å². The van der Waals surface area contributed by atoms with E-state index in [2.05, 4.69) is 23.2 Å². The third-order valence-corrected chi connectivity index (χ3v) is 2.17. The Hall–Kier alpha value is -1.31. The Labute approximate surface area is 78.3 Å². The molecule has 0 amide bonds. The van der Waals surface area contributed by atoms with Gasteiger partial charge >= 0.3 is 0 Å².